The molecule has 1 fully saturated rings. The van der Waals surface area contributed by atoms with Crippen LogP contribution in [0.2, 0.25) is 0 Å². The molecule has 186 valence electrons. The normalized spacial score (nSPS) is 15.7. The first kappa shape index (κ1) is 25.9. The van der Waals surface area contributed by atoms with Gasteiger partial charge in [0.1, 0.15) is 11.9 Å². The number of unbranched alkanes of at least 4 members (excludes halogenated alkanes) is 1. The van der Waals surface area contributed by atoms with E-state index in [1.165, 1.54) is 0 Å². The van der Waals surface area contributed by atoms with E-state index in [2.05, 4.69) is 35.6 Å². The van der Waals surface area contributed by atoms with Crippen molar-refractivity contribution in [1.82, 2.24) is 9.97 Å². The highest BCUT2D eigenvalue weighted by molar-refractivity contribution is 5.72. The van der Waals surface area contributed by atoms with Crippen LogP contribution in [0.3, 0.4) is 0 Å². The minimum Gasteiger partial charge on any atom is -0.487 e. The molecule has 0 aliphatic carbocycles. The monoisotopic (exact) mass is 469 g/mol. The number of benzene rings is 1. The summed E-state index contributed by atoms with van der Waals surface area (Å²) < 4.78 is 17.1. The van der Waals surface area contributed by atoms with Crippen LogP contribution >= 0.6 is 0 Å². The highest BCUT2D eigenvalue weighted by Gasteiger charge is 2.31. The van der Waals surface area contributed by atoms with Gasteiger partial charge in [-0.3, -0.25) is 4.79 Å². The predicted molar refractivity (Wildman–Crippen MR) is 134 cm³/mol. The van der Waals surface area contributed by atoms with Crippen LogP contribution in [0.4, 0.5) is 5.69 Å². The molecule has 1 aromatic heterocycles. The molecular weight excluding hydrogens is 430 g/mol. The molecule has 1 aromatic carbocycles. The standard InChI is InChI=1S/C27H39N3O4/c1-6-8-9-24(27(3,4)32-5)34-23-12-10-20(11-13-23)25-28-18-22(19-29-25)30-16-14-21(15-17-30)26(31)33-7-2/h10-13,18-19,21,24H,6-9,14-17H2,1-5H3. The van der Waals surface area contributed by atoms with Crippen LogP contribution in [0, 0.1) is 5.92 Å². The van der Waals surface area contributed by atoms with E-state index in [9.17, 15) is 4.79 Å². The lowest BCUT2D eigenvalue weighted by atomic mass is 9.96. The van der Waals surface area contributed by atoms with Crippen LogP contribution in [0.1, 0.15) is 59.8 Å². The molecule has 34 heavy (non-hydrogen) atoms. The number of carbonyl (C=O) groups excluding carboxylic acids is 1. The summed E-state index contributed by atoms with van der Waals surface area (Å²) in [4.78, 5) is 23.4. The van der Waals surface area contributed by atoms with Gasteiger partial charge in [-0.05, 0) is 70.7 Å². The first-order chi connectivity index (χ1) is 16.4. The van der Waals surface area contributed by atoms with Crippen molar-refractivity contribution in [3.63, 3.8) is 0 Å². The van der Waals surface area contributed by atoms with Crippen molar-refractivity contribution in [3.05, 3.63) is 36.7 Å². The molecule has 1 aliphatic rings. The summed E-state index contributed by atoms with van der Waals surface area (Å²) in [5.41, 5.74) is 1.56. The zero-order valence-electron chi connectivity index (χ0n) is 21.3. The average molecular weight is 470 g/mol. The summed E-state index contributed by atoms with van der Waals surface area (Å²) >= 11 is 0. The number of nitrogens with zero attached hydrogens (tertiary/aromatic N) is 3. The molecule has 0 N–H and O–H groups in total. The summed E-state index contributed by atoms with van der Waals surface area (Å²) in [5.74, 6) is 1.41. The molecular formula is C27H39N3O4. The fourth-order valence-corrected chi connectivity index (χ4v) is 4.18. The van der Waals surface area contributed by atoms with E-state index in [1.54, 1.807) is 7.11 Å². The second-order valence-electron chi connectivity index (χ2n) is 9.36. The molecule has 2 aromatic rings. The molecule has 0 radical (unpaired) electrons. The quantitative estimate of drug-likeness (QED) is 0.414. The van der Waals surface area contributed by atoms with Crippen molar-refractivity contribution in [3.8, 4) is 17.1 Å². The van der Waals surface area contributed by atoms with Gasteiger partial charge in [0.15, 0.2) is 5.82 Å². The number of hydrogen-bond donors (Lipinski definition) is 0. The first-order valence-corrected chi connectivity index (χ1v) is 12.4. The Kier molecular flexibility index (Phi) is 9.28. The van der Waals surface area contributed by atoms with E-state index in [0.717, 1.165) is 62.2 Å². The molecule has 1 atom stereocenters. The summed E-state index contributed by atoms with van der Waals surface area (Å²) in [5, 5.41) is 0. The zero-order chi connectivity index (χ0) is 24.6. The molecule has 1 unspecified atom stereocenters. The van der Waals surface area contributed by atoms with E-state index in [1.807, 2.05) is 43.6 Å². The number of hydrogen-bond acceptors (Lipinski definition) is 7. The van der Waals surface area contributed by atoms with Crippen molar-refractivity contribution >= 4 is 11.7 Å². The molecule has 7 heteroatoms. The minimum atomic E-state index is -0.364. The van der Waals surface area contributed by atoms with Gasteiger partial charge in [0.05, 0.1) is 36.2 Å². The number of methoxy groups -OCH3 is 1. The number of carbonyl (C=O) groups is 1. The lowest BCUT2D eigenvalue weighted by Gasteiger charge is -2.33. The summed E-state index contributed by atoms with van der Waals surface area (Å²) in [6.07, 6.45) is 8.44. The van der Waals surface area contributed by atoms with Gasteiger partial charge in [-0.25, -0.2) is 9.97 Å². The topological polar surface area (TPSA) is 73.8 Å². The Labute approximate surface area is 203 Å². The fourth-order valence-electron chi connectivity index (χ4n) is 4.18. The summed E-state index contributed by atoms with van der Waals surface area (Å²) in [7, 11) is 1.73. The predicted octanol–water partition coefficient (Wildman–Crippen LogP) is 5.29. The van der Waals surface area contributed by atoms with Crippen molar-refractivity contribution in [2.24, 2.45) is 5.92 Å². The van der Waals surface area contributed by atoms with E-state index >= 15 is 0 Å². The maximum absolute atomic E-state index is 12.0. The highest BCUT2D eigenvalue weighted by atomic mass is 16.5. The molecule has 0 saturated carbocycles. The number of esters is 1. The van der Waals surface area contributed by atoms with Crippen molar-refractivity contribution in [2.75, 3.05) is 31.7 Å². The lowest BCUT2D eigenvalue weighted by molar-refractivity contribution is -0.148. The number of anilines is 1. The fraction of sp³-hybridized carbons (Fsp3) is 0.593. The minimum absolute atomic E-state index is 0.00633. The van der Waals surface area contributed by atoms with E-state index in [-0.39, 0.29) is 23.6 Å². The Morgan fingerprint density at radius 3 is 2.32 bits per heavy atom. The third-order valence-electron chi connectivity index (χ3n) is 6.63. The molecule has 0 spiro atoms. The van der Waals surface area contributed by atoms with Gasteiger partial charge < -0.3 is 19.1 Å². The third-order valence-corrected chi connectivity index (χ3v) is 6.63. The van der Waals surface area contributed by atoms with Gasteiger partial charge in [0.2, 0.25) is 0 Å². The summed E-state index contributed by atoms with van der Waals surface area (Å²) in [6.45, 7) is 10.2. The first-order valence-electron chi connectivity index (χ1n) is 12.4. The van der Waals surface area contributed by atoms with Crippen LogP contribution in [-0.2, 0) is 14.3 Å². The van der Waals surface area contributed by atoms with E-state index in [4.69, 9.17) is 14.2 Å². The molecule has 0 bridgehead atoms. The Morgan fingerprint density at radius 2 is 1.76 bits per heavy atom. The second-order valence-corrected chi connectivity index (χ2v) is 9.36. The van der Waals surface area contributed by atoms with Gasteiger partial charge >= 0.3 is 5.97 Å². The maximum atomic E-state index is 12.0. The van der Waals surface area contributed by atoms with Crippen molar-refractivity contribution in [1.29, 1.82) is 0 Å². The molecule has 2 heterocycles. The number of ether oxygens (including phenoxy) is 3. The number of rotatable bonds is 11. The van der Waals surface area contributed by atoms with E-state index < -0.39 is 0 Å². The molecule has 3 rings (SSSR count). The summed E-state index contributed by atoms with van der Waals surface area (Å²) in [6, 6.07) is 7.92. The van der Waals surface area contributed by atoms with Crippen molar-refractivity contribution < 1.29 is 19.0 Å². The number of aromatic nitrogens is 2. The molecule has 0 amide bonds. The van der Waals surface area contributed by atoms with Crippen LogP contribution in [0.15, 0.2) is 36.7 Å². The third kappa shape index (κ3) is 6.69. The maximum Gasteiger partial charge on any atom is 0.309 e. The Morgan fingerprint density at radius 1 is 1.12 bits per heavy atom. The lowest BCUT2D eigenvalue weighted by Crippen LogP contribution is -2.42. The van der Waals surface area contributed by atoms with Crippen LogP contribution in [0.25, 0.3) is 11.4 Å². The van der Waals surface area contributed by atoms with Gasteiger partial charge in [-0.15, -0.1) is 0 Å². The van der Waals surface area contributed by atoms with Crippen molar-refractivity contribution in [2.45, 2.75) is 71.5 Å². The van der Waals surface area contributed by atoms with Gasteiger partial charge in [-0.2, -0.15) is 0 Å². The van der Waals surface area contributed by atoms with Gasteiger partial charge in [0.25, 0.3) is 0 Å². The van der Waals surface area contributed by atoms with Crippen LogP contribution in [-0.4, -0.2) is 54.4 Å². The second kappa shape index (κ2) is 12.2. The smallest absolute Gasteiger partial charge is 0.309 e. The van der Waals surface area contributed by atoms with E-state index in [0.29, 0.717) is 12.4 Å². The molecule has 1 saturated heterocycles. The number of piperidine rings is 1. The largest absolute Gasteiger partial charge is 0.487 e. The Bertz CT molecular complexity index is 891. The van der Waals surface area contributed by atoms with Gasteiger partial charge in [-0.1, -0.05) is 13.3 Å². The molecule has 7 nitrogen and oxygen atoms in total. The Hall–Kier alpha value is -2.67. The van der Waals surface area contributed by atoms with Gasteiger partial charge in [0, 0.05) is 25.8 Å². The Balaban J connectivity index is 1.60. The average Bonchev–Trinajstić information content (AvgIpc) is 2.87. The SMILES string of the molecule is CCCCC(Oc1ccc(-c2ncc(N3CCC(C(=O)OCC)CC3)cn2)cc1)C(C)(C)OC. The zero-order valence-corrected chi connectivity index (χ0v) is 21.3. The van der Waals surface area contributed by atoms with Crippen LogP contribution in [0.5, 0.6) is 5.75 Å². The highest BCUT2D eigenvalue weighted by Crippen LogP contribution is 2.28. The molecule has 1 aliphatic heterocycles. The van der Waals surface area contributed by atoms with Crippen LogP contribution < -0.4 is 9.64 Å².